The van der Waals surface area contributed by atoms with Crippen LogP contribution in [-0.4, -0.2) is 74.6 Å². The Balaban J connectivity index is 0.00000400. The molecule has 1 amide bonds. The van der Waals surface area contributed by atoms with Gasteiger partial charge in [0.2, 0.25) is 0 Å². The number of aryl methyl sites for hydroxylation is 1. The molecule has 12 nitrogen and oxygen atoms in total. The molecule has 0 spiro atoms. The van der Waals surface area contributed by atoms with E-state index >= 15 is 0 Å². The van der Waals surface area contributed by atoms with E-state index in [4.69, 9.17) is 10.6 Å². The van der Waals surface area contributed by atoms with Crippen molar-refractivity contribution in [2.75, 3.05) is 19.0 Å². The number of ketones is 1. The molecule has 0 aliphatic carbocycles. The summed E-state index contributed by atoms with van der Waals surface area (Å²) in [6.07, 6.45) is 0.656. The van der Waals surface area contributed by atoms with E-state index in [1.54, 1.807) is 6.92 Å². The zero-order chi connectivity index (χ0) is 26.9. The molecule has 4 heterocycles. The Morgan fingerprint density at radius 1 is 1.42 bits per heavy atom. The first kappa shape index (κ1) is 30.2. The van der Waals surface area contributed by atoms with E-state index in [-0.39, 0.29) is 57.6 Å². The number of alkyl halides is 1. The molecule has 2 aromatic rings. The maximum Gasteiger partial charge on any atom is 1.00 e. The topological polar surface area (TPSA) is 183 Å². The van der Waals surface area contributed by atoms with E-state index in [0.29, 0.717) is 32.7 Å². The predicted molar refractivity (Wildman–Crippen MR) is 133 cm³/mol. The van der Waals surface area contributed by atoms with E-state index in [1.165, 1.54) is 12.3 Å². The number of anilines is 1. The van der Waals surface area contributed by atoms with Crippen LogP contribution in [0.15, 0.2) is 30.5 Å². The number of oxime groups is 1. The van der Waals surface area contributed by atoms with Gasteiger partial charge in [-0.1, -0.05) is 16.9 Å². The van der Waals surface area contributed by atoms with Crippen LogP contribution in [0.5, 0.6) is 0 Å². The number of thioether (sulfide) groups is 1. The molecule has 2 aliphatic heterocycles. The average molecular weight is 591 g/mol. The Morgan fingerprint density at radius 2 is 2.16 bits per heavy atom. The summed E-state index contributed by atoms with van der Waals surface area (Å²) >= 11 is 3.31. The number of carboxylic acids is 1. The first-order valence-corrected chi connectivity index (χ1v) is 13.3. The molecule has 4 rings (SSSR count). The molecule has 1 fully saturated rings. The summed E-state index contributed by atoms with van der Waals surface area (Å²) in [7, 11) is 0. The number of nitrogens with two attached hydrogens (primary N) is 1. The molecule has 2 aromatic heterocycles. The van der Waals surface area contributed by atoms with Crippen molar-refractivity contribution in [3.8, 4) is 0 Å². The second-order valence-corrected chi connectivity index (χ2v) is 11.1. The Hall–Kier alpha value is -2.37. The number of nitrogen functional groups attached to an aromatic ring is 1. The number of Topliss-reactive ketones (excluding diaryl/α,β-unsaturated/α-hetero) is 1. The average Bonchev–Trinajstić information content (AvgIpc) is 3.44. The van der Waals surface area contributed by atoms with E-state index in [1.807, 2.05) is 0 Å². The molecule has 0 unspecified atom stereocenters. The Morgan fingerprint density at radius 3 is 2.74 bits per heavy atom. The number of aliphatic imine (C=N–C) groups is 1. The van der Waals surface area contributed by atoms with Gasteiger partial charge in [-0.25, -0.2) is 19.2 Å². The minimum atomic E-state index is -1.30. The predicted octanol–water partition coefficient (Wildman–Crippen LogP) is -1.39. The molecule has 3 N–H and O–H groups in total. The molecule has 0 aromatic carbocycles. The number of hydrogen-bond acceptors (Lipinski definition) is 13. The van der Waals surface area contributed by atoms with E-state index in [9.17, 15) is 29.0 Å². The van der Waals surface area contributed by atoms with Gasteiger partial charge in [0.25, 0.3) is 5.91 Å². The van der Waals surface area contributed by atoms with Crippen LogP contribution in [0.25, 0.3) is 0 Å². The van der Waals surface area contributed by atoms with Crippen LogP contribution in [0, 0.1) is 6.92 Å². The number of rotatable bonds is 10. The number of carbonyl (C=O) groups is 3. The van der Waals surface area contributed by atoms with Crippen LogP contribution in [0.2, 0.25) is 0 Å². The normalized spacial score (nSPS) is 19.6. The fourth-order valence-electron chi connectivity index (χ4n) is 3.86. The minimum Gasteiger partial charge on any atom is -0.857 e. The third-order valence-corrected chi connectivity index (χ3v) is 8.55. The Bertz CT molecular complexity index is 1360. The van der Waals surface area contributed by atoms with Crippen molar-refractivity contribution >= 4 is 68.8 Å². The summed E-state index contributed by atoms with van der Waals surface area (Å²) in [5.41, 5.74) is 5.70. The first-order valence-electron chi connectivity index (χ1n) is 10.8. The quantitative estimate of drug-likeness (QED) is 0.0635. The summed E-state index contributed by atoms with van der Waals surface area (Å²) in [6.45, 7) is 1.90. The fraction of sp³-hybridized carbons (Fsp3) is 0.381. The maximum atomic E-state index is 13.0. The van der Waals surface area contributed by atoms with Gasteiger partial charge >= 0.3 is 35.5 Å². The van der Waals surface area contributed by atoms with Crippen LogP contribution in [0.1, 0.15) is 40.8 Å². The van der Waals surface area contributed by atoms with Crippen LogP contribution >= 0.6 is 34.4 Å². The molecule has 17 heteroatoms. The molecular formula is C21H20FN6NaO6S3. The monoisotopic (exact) mass is 590 g/mol. The van der Waals surface area contributed by atoms with Crippen LogP contribution in [0.3, 0.4) is 0 Å². The van der Waals surface area contributed by atoms with E-state index in [0.717, 1.165) is 39.3 Å². The standard InChI is InChI=1S/C21H21FN6O6S3.Na/c1-8-16(9(2)29)37-21(24-8)36-12-4-3-11-14(18(31)28(11)15(12)19(32)33)26-17(30)13(27-34-6-5-22)10-7-35-20(23)25-10;/h7,11,14H,3-6H2,1-2H3,(H2,23,25)(H,26,30)(H,32,33);/q;+1/p-1/b27-13+;/t11-,14+;/m1./s1. The Kier molecular flexibility index (Phi) is 10.0. The molecule has 38 heavy (non-hydrogen) atoms. The number of allylic oxidation sites excluding steroid dienone is 1. The van der Waals surface area contributed by atoms with Gasteiger partial charge in [-0.15, -0.1) is 22.7 Å². The molecule has 0 bridgehead atoms. The van der Waals surface area contributed by atoms with Crippen LogP contribution < -0.4 is 40.4 Å². The van der Waals surface area contributed by atoms with Crippen molar-refractivity contribution in [3.05, 3.63) is 32.2 Å². The number of aromatic nitrogens is 2. The minimum absolute atomic E-state index is 0. The number of amides is 1. The molecule has 0 saturated carbocycles. The summed E-state index contributed by atoms with van der Waals surface area (Å²) in [5, 5.41) is 28.0. The molecule has 0 radical (unpaired) electrons. The summed E-state index contributed by atoms with van der Waals surface area (Å²) in [5.74, 6) is -3.01. The number of β-lactam (4-membered cyclic amide) rings is 1. The zero-order valence-corrected chi connectivity index (χ0v) is 24.9. The van der Waals surface area contributed by atoms with Gasteiger partial charge in [0.05, 0.1) is 16.6 Å². The number of carboxylic acid groups (broad SMARTS) is 1. The van der Waals surface area contributed by atoms with Gasteiger partial charge < -0.3 is 20.8 Å². The van der Waals surface area contributed by atoms with Gasteiger partial charge in [-0.2, -0.15) is 0 Å². The first-order chi connectivity index (χ1) is 17.6. The fourth-order valence-corrected chi connectivity index (χ4v) is 6.71. The third kappa shape index (κ3) is 6.10. The largest absolute Gasteiger partial charge is 1.00 e. The number of hydrogen-bond donors (Lipinski definition) is 2. The molecule has 1 saturated heterocycles. The van der Waals surface area contributed by atoms with Crippen molar-refractivity contribution in [1.29, 1.82) is 0 Å². The molecule has 2 aliphatic rings. The summed E-state index contributed by atoms with van der Waals surface area (Å²) < 4.78 is 12.9. The van der Waals surface area contributed by atoms with Gasteiger partial charge in [0.15, 0.2) is 15.3 Å². The van der Waals surface area contributed by atoms with E-state index < -0.39 is 43.1 Å². The number of halogens is 1. The third-order valence-electron chi connectivity index (χ3n) is 5.42. The zero-order valence-electron chi connectivity index (χ0n) is 20.5. The van der Waals surface area contributed by atoms with Crippen molar-refractivity contribution < 1.29 is 63.4 Å². The second-order valence-electron chi connectivity index (χ2n) is 7.86. The number of fused-ring (bicyclic) bond motifs is 1. The molecular weight excluding hydrogens is 570 g/mol. The second kappa shape index (κ2) is 12.7. The number of carbonyl (C=O) groups excluding carboxylic acids is 2. The molecule has 2 atom stereocenters. The van der Waals surface area contributed by atoms with Gasteiger partial charge in [0, 0.05) is 23.1 Å². The number of nitrogens with zero attached hydrogens (tertiary/aromatic N) is 5. The van der Waals surface area contributed by atoms with Gasteiger partial charge in [-0.3, -0.25) is 19.5 Å². The smallest absolute Gasteiger partial charge is 0.857 e. The van der Waals surface area contributed by atoms with Gasteiger partial charge in [-0.05, 0) is 19.8 Å². The Labute approximate surface area is 250 Å². The van der Waals surface area contributed by atoms with Crippen molar-refractivity contribution in [1.82, 2.24) is 14.9 Å². The van der Waals surface area contributed by atoms with Crippen LogP contribution in [-0.2, 0) is 14.4 Å². The molecule has 196 valence electrons. The van der Waals surface area contributed by atoms with Crippen molar-refractivity contribution in [2.24, 2.45) is 10.1 Å². The summed E-state index contributed by atoms with van der Waals surface area (Å²) in [4.78, 5) is 55.9. The van der Waals surface area contributed by atoms with Gasteiger partial charge in [0.1, 0.15) is 36.4 Å². The number of aliphatic carboxylic acids is 1. The van der Waals surface area contributed by atoms with E-state index in [2.05, 4.69) is 20.1 Å². The maximum absolute atomic E-state index is 13.0. The number of thiazole rings is 2. The SMILES string of the molecule is CC(=O)c1sc(SC2=C(C(=O)O)N3C(=O)[C@@H](N=C([O-])/C(=N/OCCF)c4csc(N)n4)[C@H]3CC2)nc1C.[Na+]. The van der Waals surface area contributed by atoms with Crippen LogP contribution in [0.4, 0.5) is 9.52 Å². The van der Waals surface area contributed by atoms with Crippen molar-refractivity contribution in [2.45, 2.75) is 43.1 Å². The summed E-state index contributed by atoms with van der Waals surface area (Å²) in [6, 6.07) is -1.77. The van der Waals surface area contributed by atoms with Crippen molar-refractivity contribution in [3.63, 3.8) is 0 Å².